The Morgan fingerprint density at radius 1 is 1.33 bits per heavy atom. The van der Waals surface area contributed by atoms with Crippen LogP contribution in [-0.2, 0) is 0 Å². The van der Waals surface area contributed by atoms with Crippen molar-refractivity contribution < 1.29 is 9.47 Å². The lowest BCUT2D eigenvalue weighted by atomic mass is 10.1. The molecule has 1 unspecified atom stereocenters. The summed E-state index contributed by atoms with van der Waals surface area (Å²) < 4.78 is 11.2. The Morgan fingerprint density at radius 2 is 2.04 bits per heavy atom. The number of benzene rings is 1. The summed E-state index contributed by atoms with van der Waals surface area (Å²) in [4.78, 5) is 7.90. The van der Waals surface area contributed by atoms with Crippen molar-refractivity contribution in [2.45, 2.75) is 26.4 Å². The molecule has 0 saturated carbocycles. The SMILES string of the molecule is CCC(C)Oc1c(Cl)cc(-c2nc(N)nc(N)c2C#N)cc1OC. The van der Waals surface area contributed by atoms with Crippen molar-refractivity contribution in [1.82, 2.24) is 9.97 Å². The van der Waals surface area contributed by atoms with Crippen molar-refractivity contribution in [1.29, 1.82) is 5.26 Å². The summed E-state index contributed by atoms with van der Waals surface area (Å²) in [5.74, 6) is 0.842. The molecule has 4 N–H and O–H groups in total. The van der Waals surface area contributed by atoms with Crippen LogP contribution in [-0.4, -0.2) is 23.2 Å². The molecule has 1 heterocycles. The van der Waals surface area contributed by atoms with E-state index >= 15 is 0 Å². The molecule has 8 heteroatoms. The van der Waals surface area contributed by atoms with Gasteiger partial charge in [-0.15, -0.1) is 0 Å². The molecule has 0 fully saturated rings. The minimum absolute atomic E-state index is 0.00928. The summed E-state index contributed by atoms with van der Waals surface area (Å²) >= 11 is 6.35. The number of rotatable bonds is 5. The highest BCUT2D eigenvalue weighted by Gasteiger charge is 2.19. The fourth-order valence-electron chi connectivity index (χ4n) is 2.07. The third kappa shape index (κ3) is 3.44. The lowest BCUT2D eigenvalue weighted by Gasteiger charge is -2.18. The Balaban J connectivity index is 2.62. The van der Waals surface area contributed by atoms with Gasteiger partial charge in [-0.1, -0.05) is 18.5 Å². The first-order valence-electron chi connectivity index (χ1n) is 7.28. The van der Waals surface area contributed by atoms with Crippen LogP contribution < -0.4 is 20.9 Å². The molecule has 0 spiro atoms. The van der Waals surface area contributed by atoms with Crippen LogP contribution in [0.25, 0.3) is 11.3 Å². The fourth-order valence-corrected chi connectivity index (χ4v) is 2.33. The Kier molecular flexibility index (Phi) is 5.31. The van der Waals surface area contributed by atoms with Crippen molar-refractivity contribution in [3.05, 3.63) is 22.7 Å². The van der Waals surface area contributed by atoms with Gasteiger partial charge in [0.15, 0.2) is 11.5 Å². The Bertz CT molecular complexity index is 804. The van der Waals surface area contributed by atoms with Gasteiger partial charge in [-0.3, -0.25) is 0 Å². The van der Waals surface area contributed by atoms with Crippen LogP contribution in [0.4, 0.5) is 11.8 Å². The van der Waals surface area contributed by atoms with E-state index in [0.717, 1.165) is 6.42 Å². The summed E-state index contributed by atoms with van der Waals surface area (Å²) in [6, 6.07) is 5.28. The fraction of sp³-hybridized carbons (Fsp3) is 0.312. The van der Waals surface area contributed by atoms with E-state index in [0.29, 0.717) is 22.1 Å². The zero-order chi connectivity index (χ0) is 17.9. The zero-order valence-electron chi connectivity index (χ0n) is 13.6. The van der Waals surface area contributed by atoms with Gasteiger partial charge in [0.05, 0.1) is 23.9 Å². The Morgan fingerprint density at radius 3 is 2.62 bits per heavy atom. The number of nitrogen functional groups attached to an aromatic ring is 2. The maximum atomic E-state index is 9.31. The van der Waals surface area contributed by atoms with Crippen LogP contribution in [0, 0.1) is 11.3 Å². The summed E-state index contributed by atoms with van der Waals surface area (Å²) in [5, 5.41) is 9.65. The van der Waals surface area contributed by atoms with Gasteiger partial charge in [0.2, 0.25) is 5.95 Å². The highest BCUT2D eigenvalue weighted by Crippen LogP contribution is 2.40. The van der Waals surface area contributed by atoms with Gasteiger partial charge in [-0.25, -0.2) is 4.98 Å². The van der Waals surface area contributed by atoms with E-state index in [1.165, 1.54) is 7.11 Å². The third-order valence-electron chi connectivity index (χ3n) is 3.46. The minimum atomic E-state index is -0.0310. The number of nitriles is 1. The van der Waals surface area contributed by atoms with Crippen LogP contribution in [0.1, 0.15) is 25.8 Å². The quantitative estimate of drug-likeness (QED) is 0.852. The van der Waals surface area contributed by atoms with Gasteiger partial charge in [0, 0.05) is 5.56 Å². The average molecular weight is 348 g/mol. The van der Waals surface area contributed by atoms with Gasteiger partial charge in [-0.05, 0) is 25.5 Å². The molecule has 0 aliphatic rings. The molecule has 1 atom stereocenters. The predicted octanol–water partition coefficient (Wildman–Crippen LogP) is 3.02. The van der Waals surface area contributed by atoms with Crippen LogP contribution in [0.2, 0.25) is 5.02 Å². The molecule has 0 aliphatic carbocycles. The van der Waals surface area contributed by atoms with E-state index < -0.39 is 0 Å². The molecule has 7 nitrogen and oxygen atoms in total. The van der Waals surface area contributed by atoms with Gasteiger partial charge in [0.1, 0.15) is 17.5 Å². The average Bonchev–Trinajstić information content (AvgIpc) is 2.55. The smallest absolute Gasteiger partial charge is 0.222 e. The van der Waals surface area contributed by atoms with Crippen molar-refractivity contribution in [2.75, 3.05) is 18.6 Å². The Hall–Kier alpha value is -2.72. The molecule has 126 valence electrons. The lowest BCUT2D eigenvalue weighted by Crippen LogP contribution is -2.11. The number of ether oxygens (including phenoxy) is 2. The highest BCUT2D eigenvalue weighted by atomic mass is 35.5. The number of aromatic nitrogens is 2. The molecule has 0 bridgehead atoms. The van der Waals surface area contributed by atoms with Gasteiger partial charge < -0.3 is 20.9 Å². The first kappa shape index (κ1) is 17.6. The van der Waals surface area contributed by atoms with E-state index in [1.54, 1.807) is 12.1 Å². The minimum Gasteiger partial charge on any atom is -0.493 e. The molecule has 1 aromatic carbocycles. The number of nitrogens with two attached hydrogens (primary N) is 2. The van der Waals surface area contributed by atoms with E-state index in [9.17, 15) is 5.26 Å². The van der Waals surface area contributed by atoms with E-state index in [4.69, 9.17) is 32.5 Å². The number of hydrogen-bond acceptors (Lipinski definition) is 7. The summed E-state index contributed by atoms with van der Waals surface area (Å²) in [5.41, 5.74) is 12.3. The molecule has 24 heavy (non-hydrogen) atoms. The number of anilines is 2. The third-order valence-corrected chi connectivity index (χ3v) is 3.74. The summed E-state index contributed by atoms with van der Waals surface area (Å²) in [7, 11) is 1.51. The highest BCUT2D eigenvalue weighted by molar-refractivity contribution is 6.32. The number of hydrogen-bond donors (Lipinski definition) is 2. The topological polar surface area (TPSA) is 120 Å². The summed E-state index contributed by atoms with van der Waals surface area (Å²) in [6.07, 6.45) is 0.793. The van der Waals surface area contributed by atoms with Gasteiger partial charge in [0.25, 0.3) is 0 Å². The van der Waals surface area contributed by atoms with Gasteiger partial charge >= 0.3 is 0 Å². The second kappa shape index (κ2) is 7.23. The summed E-state index contributed by atoms with van der Waals surface area (Å²) in [6.45, 7) is 3.94. The van der Waals surface area contributed by atoms with E-state index in [2.05, 4.69) is 9.97 Å². The Labute approximate surface area is 145 Å². The zero-order valence-corrected chi connectivity index (χ0v) is 14.4. The van der Waals surface area contributed by atoms with Crippen molar-refractivity contribution in [3.8, 4) is 28.8 Å². The molecule has 0 aliphatic heterocycles. The normalized spacial score (nSPS) is 11.6. The number of methoxy groups -OCH3 is 1. The lowest BCUT2D eigenvalue weighted by molar-refractivity contribution is 0.208. The van der Waals surface area contributed by atoms with Crippen molar-refractivity contribution in [3.63, 3.8) is 0 Å². The van der Waals surface area contributed by atoms with Crippen LogP contribution in [0.5, 0.6) is 11.5 Å². The van der Waals surface area contributed by atoms with Crippen LogP contribution in [0.3, 0.4) is 0 Å². The van der Waals surface area contributed by atoms with E-state index in [1.807, 2.05) is 19.9 Å². The second-order valence-corrected chi connectivity index (χ2v) is 5.54. The maximum Gasteiger partial charge on any atom is 0.222 e. The van der Waals surface area contributed by atoms with Crippen molar-refractivity contribution >= 4 is 23.4 Å². The van der Waals surface area contributed by atoms with Crippen LogP contribution >= 0.6 is 11.6 Å². The van der Waals surface area contributed by atoms with Gasteiger partial charge in [-0.2, -0.15) is 10.2 Å². The second-order valence-electron chi connectivity index (χ2n) is 5.13. The molecule has 0 amide bonds. The predicted molar refractivity (Wildman–Crippen MR) is 93.0 cm³/mol. The first-order valence-corrected chi connectivity index (χ1v) is 7.66. The molecule has 2 rings (SSSR count). The molecular weight excluding hydrogens is 330 g/mol. The standard InChI is InChI=1S/C16H18ClN5O2/c1-4-8(2)24-14-11(17)5-9(6-12(14)23-3)13-10(7-18)15(19)22-16(20)21-13/h5-6,8H,4H2,1-3H3,(H4,19,20,21,22). The maximum absolute atomic E-state index is 9.31. The van der Waals surface area contributed by atoms with Crippen molar-refractivity contribution in [2.24, 2.45) is 0 Å². The molecular formula is C16H18ClN5O2. The molecule has 0 radical (unpaired) electrons. The first-order chi connectivity index (χ1) is 11.4. The molecule has 2 aromatic rings. The monoisotopic (exact) mass is 347 g/mol. The molecule has 0 saturated heterocycles. The molecule has 1 aromatic heterocycles. The largest absolute Gasteiger partial charge is 0.493 e. The number of halogens is 1. The van der Waals surface area contributed by atoms with Crippen LogP contribution in [0.15, 0.2) is 12.1 Å². The van der Waals surface area contributed by atoms with E-state index in [-0.39, 0.29) is 29.1 Å². The number of nitrogens with zero attached hydrogens (tertiary/aromatic N) is 3.